The van der Waals surface area contributed by atoms with Crippen molar-refractivity contribution in [3.8, 4) is 0 Å². The first-order valence-corrected chi connectivity index (χ1v) is 7.31. The molecule has 150 valence electrons. The lowest BCUT2D eigenvalue weighted by atomic mass is 10.2. The summed E-state index contributed by atoms with van der Waals surface area (Å²) in [6, 6.07) is 10.0. The first-order valence-electron chi connectivity index (χ1n) is 7.31. The summed E-state index contributed by atoms with van der Waals surface area (Å²) in [5.74, 6) is -4.52. The van der Waals surface area contributed by atoms with Crippen LogP contribution in [0.1, 0.15) is 21.0 Å². The summed E-state index contributed by atoms with van der Waals surface area (Å²) in [6.07, 6.45) is -1.48. The third-order valence-electron chi connectivity index (χ3n) is 2.64. The zero-order chi connectivity index (χ0) is 21.7. The molecule has 0 spiro atoms. The molecule has 2 atom stereocenters. The van der Waals surface area contributed by atoms with Crippen molar-refractivity contribution < 1.29 is 39.6 Å². The molecule has 0 bridgehead atoms. The molecule has 0 aliphatic heterocycles. The zero-order valence-corrected chi connectivity index (χ0v) is 14.2. The van der Waals surface area contributed by atoms with E-state index in [0.29, 0.717) is 11.4 Å². The zero-order valence-electron chi connectivity index (χ0n) is 14.2. The average molecular weight is 394 g/mol. The van der Waals surface area contributed by atoms with Crippen molar-refractivity contribution in [2.45, 2.75) is 12.2 Å². The fourth-order valence-electron chi connectivity index (χ4n) is 1.29. The number of carbonyl (C=O) groups is 4. The smallest absolute Gasteiger partial charge is 0.335 e. The molecule has 2 rings (SSSR count). The van der Waals surface area contributed by atoms with E-state index in [1.165, 1.54) is 12.4 Å². The Morgan fingerprint density at radius 1 is 0.714 bits per heavy atom. The highest BCUT2D eigenvalue weighted by Crippen LogP contribution is 1.92. The molecule has 2 aromatic rings. The van der Waals surface area contributed by atoms with Gasteiger partial charge in [0, 0.05) is 12.4 Å². The number of carbonyl (C=O) groups excluding carboxylic acids is 2. The van der Waals surface area contributed by atoms with Crippen LogP contribution >= 0.6 is 0 Å². The van der Waals surface area contributed by atoms with Gasteiger partial charge in [-0.2, -0.15) is 0 Å². The van der Waals surface area contributed by atoms with E-state index in [1.54, 1.807) is 36.4 Å². The molecule has 0 aliphatic carbocycles. The fraction of sp³-hybridized carbons (Fsp3) is 0.125. The van der Waals surface area contributed by atoms with E-state index in [0.717, 1.165) is 0 Å². The van der Waals surface area contributed by atoms with E-state index in [9.17, 15) is 19.2 Å². The van der Waals surface area contributed by atoms with Crippen LogP contribution in [0.4, 0.5) is 0 Å². The number of nitrogens with two attached hydrogens (primary N) is 2. The van der Waals surface area contributed by atoms with Crippen LogP contribution in [0.2, 0.25) is 0 Å². The number of aliphatic hydroxyl groups excluding tert-OH is 2. The number of aliphatic carboxylic acids is 2. The predicted octanol–water partition coefficient (Wildman–Crippen LogP) is -1.76. The Labute approximate surface area is 158 Å². The summed E-state index contributed by atoms with van der Waals surface area (Å²) in [6.45, 7) is 0. The highest BCUT2D eigenvalue weighted by molar-refractivity contribution is 5.90. The fourth-order valence-corrected chi connectivity index (χ4v) is 1.29. The molecule has 0 radical (unpaired) electrons. The number of nitrogens with zero attached hydrogens (tertiary/aromatic N) is 2. The molecule has 0 saturated carbocycles. The summed E-state index contributed by atoms with van der Waals surface area (Å²) < 4.78 is 0. The lowest BCUT2D eigenvalue weighted by Gasteiger charge is -2.07. The molecule has 0 aromatic carbocycles. The third kappa shape index (κ3) is 9.55. The molecule has 2 aromatic heterocycles. The minimum atomic E-state index is -2.27. The van der Waals surface area contributed by atoms with Crippen LogP contribution in [0.25, 0.3) is 0 Å². The normalized spacial score (nSPS) is 11.4. The van der Waals surface area contributed by atoms with Crippen LogP contribution in [-0.2, 0) is 9.59 Å². The minimum Gasteiger partial charge on any atom is -0.479 e. The van der Waals surface area contributed by atoms with Gasteiger partial charge in [0.2, 0.25) is 0 Å². The molecule has 8 N–H and O–H groups in total. The van der Waals surface area contributed by atoms with Crippen LogP contribution in [-0.4, -0.2) is 66.4 Å². The Balaban J connectivity index is 0.000000391. The van der Waals surface area contributed by atoms with Gasteiger partial charge in [-0.3, -0.25) is 19.6 Å². The van der Waals surface area contributed by atoms with Gasteiger partial charge in [-0.05, 0) is 24.3 Å². The number of hydrogen-bond acceptors (Lipinski definition) is 8. The third-order valence-corrected chi connectivity index (χ3v) is 2.64. The first kappa shape index (κ1) is 24.1. The maximum Gasteiger partial charge on any atom is 0.335 e. The maximum absolute atomic E-state index is 10.4. The number of primary amides is 2. The lowest BCUT2D eigenvalue weighted by Crippen LogP contribution is -2.39. The van der Waals surface area contributed by atoms with Crippen molar-refractivity contribution in [2.75, 3.05) is 0 Å². The topological polar surface area (TPSA) is 227 Å². The van der Waals surface area contributed by atoms with Crippen molar-refractivity contribution >= 4 is 23.8 Å². The van der Waals surface area contributed by atoms with Crippen molar-refractivity contribution in [1.82, 2.24) is 9.97 Å². The van der Waals surface area contributed by atoms with E-state index >= 15 is 0 Å². The van der Waals surface area contributed by atoms with E-state index in [1.807, 2.05) is 0 Å². The molecule has 12 heteroatoms. The number of pyridine rings is 2. The molecule has 12 nitrogen and oxygen atoms in total. The Morgan fingerprint density at radius 3 is 1.18 bits per heavy atom. The maximum atomic E-state index is 10.4. The molecule has 0 fully saturated rings. The summed E-state index contributed by atoms with van der Waals surface area (Å²) in [7, 11) is 0. The molecule has 28 heavy (non-hydrogen) atoms. The van der Waals surface area contributed by atoms with E-state index in [2.05, 4.69) is 9.97 Å². The Morgan fingerprint density at radius 2 is 1.04 bits per heavy atom. The van der Waals surface area contributed by atoms with E-state index in [-0.39, 0.29) is 0 Å². The van der Waals surface area contributed by atoms with E-state index in [4.69, 9.17) is 31.9 Å². The molecule has 2 unspecified atom stereocenters. The van der Waals surface area contributed by atoms with Crippen molar-refractivity contribution in [3.05, 3.63) is 60.2 Å². The highest BCUT2D eigenvalue weighted by atomic mass is 16.4. The van der Waals surface area contributed by atoms with Gasteiger partial charge in [0.05, 0.1) is 0 Å². The van der Waals surface area contributed by atoms with Gasteiger partial charge >= 0.3 is 11.9 Å². The van der Waals surface area contributed by atoms with Gasteiger partial charge in [-0.1, -0.05) is 12.1 Å². The second-order valence-electron chi connectivity index (χ2n) is 4.72. The van der Waals surface area contributed by atoms with Crippen molar-refractivity contribution in [3.63, 3.8) is 0 Å². The predicted molar refractivity (Wildman–Crippen MR) is 92.8 cm³/mol. The van der Waals surface area contributed by atoms with Crippen LogP contribution in [0.15, 0.2) is 48.8 Å². The van der Waals surface area contributed by atoms with Gasteiger partial charge < -0.3 is 31.9 Å². The van der Waals surface area contributed by atoms with Gasteiger partial charge in [0.25, 0.3) is 11.8 Å². The van der Waals surface area contributed by atoms with Crippen molar-refractivity contribution in [2.24, 2.45) is 11.5 Å². The highest BCUT2D eigenvalue weighted by Gasteiger charge is 2.29. The van der Waals surface area contributed by atoms with Crippen LogP contribution in [0.5, 0.6) is 0 Å². The number of aromatic nitrogens is 2. The molecule has 2 heterocycles. The van der Waals surface area contributed by atoms with Gasteiger partial charge in [-0.25, -0.2) is 9.59 Å². The van der Waals surface area contributed by atoms with Crippen LogP contribution in [0.3, 0.4) is 0 Å². The average Bonchev–Trinajstić information content (AvgIpc) is 2.69. The first-order chi connectivity index (χ1) is 13.1. The molecule has 0 saturated heterocycles. The molecular formula is C16H18N4O8. The summed E-state index contributed by atoms with van der Waals surface area (Å²) in [5.41, 5.74) is 10.4. The Hall–Kier alpha value is -3.90. The number of hydrogen-bond donors (Lipinski definition) is 6. The quantitative estimate of drug-likeness (QED) is 0.334. The molecule has 0 aliphatic rings. The SMILES string of the molecule is NC(=O)c1ccccn1.NC(=O)c1ccccn1.O=C(O)C(O)C(O)C(=O)O. The standard InChI is InChI=1S/2C6H6N2O.C4H6O6/c2*7-6(9)5-3-1-2-4-8-5;5-1(3(7)8)2(6)4(9)10/h2*1-4H,(H2,7,9);1-2,5-6H,(H,7,8)(H,9,10). The number of carboxylic acid groups (broad SMARTS) is 2. The summed E-state index contributed by atoms with van der Waals surface area (Å²) >= 11 is 0. The van der Waals surface area contributed by atoms with Crippen LogP contribution in [0, 0.1) is 0 Å². The number of aliphatic hydroxyl groups is 2. The van der Waals surface area contributed by atoms with Gasteiger partial charge in [0.1, 0.15) is 11.4 Å². The van der Waals surface area contributed by atoms with Crippen molar-refractivity contribution in [1.29, 1.82) is 0 Å². The molecule has 2 amide bonds. The monoisotopic (exact) mass is 394 g/mol. The Kier molecular flexibility index (Phi) is 10.7. The minimum absolute atomic E-state index is 0.303. The van der Waals surface area contributed by atoms with Gasteiger partial charge in [-0.15, -0.1) is 0 Å². The summed E-state index contributed by atoms with van der Waals surface area (Å²) in [4.78, 5) is 47.7. The van der Waals surface area contributed by atoms with Crippen LogP contribution < -0.4 is 11.5 Å². The second-order valence-corrected chi connectivity index (χ2v) is 4.72. The number of amides is 2. The summed E-state index contributed by atoms with van der Waals surface area (Å²) in [5, 5.41) is 32.5. The largest absolute Gasteiger partial charge is 0.479 e. The lowest BCUT2D eigenvalue weighted by molar-refractivity contribution is -0.165. The molecular weight excluding hydrogens is 376 g/mol. The van der Waals surface area contributed by atoms with Gasteiger partial charge in [0.15, 0.2) is 12.2 Å². The Bertz CT molecular complexity index is 718. The van der Waals surface area contributed by atoms with E-state index < -0.39 is 36.0 Å². The number of rotatable bonds is 5. The second kappa shape index (κ2) is 12.5. The number of carboxylic acids is 2.